The van der Waals surface area contributed by atoms with Gasteiger partial charge < -0.3 is 14.8 Å². The molecule has 3 heterocycles. The number of hydrogen-bond acceptors (Lipinski definition) is 6. The van der Waals surface area contributed by atoms with E-state index in [1.807, 2.05) is 34.6 Å². The van der Waals surface area contributed by atoms with Gasteiger partial charge in [-0.2, -0.15) is 5.26 Å². The minimum absolute atomic E-state index is 0.0803. The molecule has 1 saturated heterocycles. The second-order valence-corrected chi connectivity index (χ2v) is 8.47. The number of benzene rings is 1. The molecular weight excluding hydrogens is 448 g/mol. The van der Waals surface area contributed by atoms with Gasteiger partial charge in [0.2, 0.25) is 0 Å². The monoisotopic (exact) mass is 468 g/mol. The summed E-state index contributed by atoms with van der Waals surface area (Å²) in [4.78, 5) is 19.6. The molecule has 1 fully saturated rings. The summed E-state index contributed by atoms with van der Waals surface area (Å²) in [6, 6.07) is 11.2. The summed E-state index contributed by atoms with van der Waals surface area (Å²) >= 11 is 3.46. The Hall–Kier alpha value is -2.57. The smallest absolute Gasteiger partial charge is 0.180 e. The molecule has 4 rings (SSSR count). The zero-order chi connectivity index (χ0) is 21.4. The fourth-order valence-electron chi connectivity index (χ4n) is 4.02. The molecule has 0 amide bonds. The molecular formula is C22H21BrN4O3. The maximum absolute atomic E-state index is 13.3. The molecule has 1 aliphatic heterocycles. The molecule has 154 valence electrons. The van der Waals surface area contributed by atoms with E-state index < -0.39 is 12.2 Å². The summed E-state index contributed by atoms with van der Waals surface area (Å²) in [7, 11) is 0. The van der Waals surface area contributed by atoms with Crippen molar-refractivity contribution in [2.75, 3.05) is 19.6 Å². The fourth-order valence-corrected chi connectivity index (χ4v) is 4.34. The number of aliphatic hydroxyl groups excluding tert-OH is 2. The Balaban J connectivity index is 1.76. The van der Waals surface area contributed by atoms with Crippen molar-refractivity contribution >= 4 is 32.7 Å². The molecule has 0 radical (unpaired) electrons. The average molecular weight is 469 g/mol. The van der Waals surface area contributed by atoms with Gasteiger partial charge >= 0.3 is 0 Å². The lowest BCUT2D eigenvalue weighted by atomic mass is 10.0. The Kier molecular flexibility index (Phi) is 5.71. The molecule has 7 nitrogen and oxygen atoms in total. The highest BCUT2D eigenvalue weighted by Gasteiger charge is 2.29. The minimum Gasteiger partial charge on any atom is -0.390 e. The Morgan fingerprint density at radius 2 is 2.03 bits per heavy atom. The number of Topliss-reactive ketones (excluding diaryl/α,β-unsaturated/α-hetero) is 1. The molecule has 2 aromatic heterocycles. The van der Waals surface area contributed by atoms with E-state index in [4.69, 9.17) is 5.26 Å². The van der Waals surface area contributed by atoms with Crippen molar-refractivity contribution in [3.63, 3.8) is 0 Å². The molecule has 1 aromatic carbocycles. The molecule has 0 saturated carbocycles. The molecule has 2 atom stereocenters. The number of ketones is 1. The number of β-amino-alcohol motifs (C(OH)–C–C–N with tert-alkyl or cyclic N) is 1. The molecule has 30 heavy (non-hydrogen) atoms. The predicted molar refractivity (Wildman–Crippen MR) is 116 cm³/mol. The highest BCUT2D eigenvalue weighted by molar-refractivity contribution is 9.10. The third-order valence-electron chi connectivity index (χ3n) is 5.54. The lowest BCUT2D eigenvalue weighted by molar-refractivity contribution is -0.0363. The predicted octanol–water partition coefficient (Wildman–Crippen LogP) is 2.58. The molecule has 0 spiro atoms. The molecule has 3 aromatic rings. The minimum atomic E-state index is -0.846. The van der Waals surface area contributed by atoms with E-state index in [1.54, 1.807) is 18.3 Å². The van der Waals surface area contributed by atoms with Crippen LogP contribution in [0.1, 0.15) is 28.0 Å². The Labute approximate surface area is 182 Å². The van der Waals surface area contributed by atoms with Crippen LogP contribution >= 0.6 is 15.9 Å². The first kappa shape index (κ1) is 20.7. The van der Waals surface area contributed by atoms with Crippen molar-refractivity contribution in [2.45, 2.75) is 25.6 Å². The van der Waals surface area contributed by atoms with Crippen LogP contribution in [0.15, 0.2) is 41.0 Å². The summed E-state index contributed by atoms with van der Waals surface area (Å²) in [6.07, 6.45) is 0.519. The van der Waals surface area contributed by atoms with Crippen LogP contribution in [0, 0.1) is 18.3 Å². The number of nitrogens with zero attached hydrogens (tertiary/aromatic N) is 4. The van der Waals surface area contributed by atoms with Gasteiger partial charge in [-0.05, 0) is 59.6 Å². The second-order valence-electron chi connectivity index (χ2n) is 7.56. The standard InChI is InChI=1S/C22H21BrN4O3/c1-13-21(20(30)12-26-7-6-18(28)19(29)11-26)22-17(8-15(23)10-25-22)27(13)16-4-2-14(9-24)3-5-16/h2-5,8,10,18-19,28-29H,6-7,11-12H2,1H3/t18-,19-/m0/s1. The van der Waals surface area contributed by atoms with Crippen molar-refractivity contribution in [1.29, 1.82) is 5.26 Å². The first-order chi connectivity index (χ1) is 14.4. The number of hydrogen-bond donors (Lipinski definition) is 2. The summed E-state index contributed by atoms with van der Waals surface area (Å²) in [5.74, 6) is -0.0803. The van der Waals surface area contributed by atoms with Crippen LogP contribution in [-0.2, 0) is 0 Å². The van der Waals surface area contributed by atoms with E-state index in [1.165, 1.54) is 0 Å². The number of fused-ring (bicyclic) bond motifs is 1. The van der Waals surface area contributed by atoms with Crippen molar-refractivity contribution in [3.05, 3.63) is 57.8 Å². The summed E-state index contributed by atoms with van der Waals surface area (Å²) in [5, 5.41) is 28.7. The highest BCUT2D eigenvalue weighted by Crippen LogP contribution is 2.30. The second kappa shape index (κ2) is 8.28. The molecule has 0 bridgehead atoms. The number of halogens is 1. The van der Waals surface area contributed by atoms with Crippen LogP contribution < -0.4 is 0 Å². The summed E-state index contributed by atoms with van der Waals surface area (Å²) < 4.78 is 2.77. The van der Waals surface area contributed by atoms with E-state index in [0.717, 1.165) is 21.4 Å². The fraction of sp³-hybridized carbons (Fsp3) is 0.318. The van der Waals surface area contributed by atoms with Gasteiger partial charge in [-0.25, -0.2) is 0 Å². The van der Waals surface area contributed by atoms with E-state index in [-0.39, 0.29) is 18.9 Å². The van der Waals surface area contributed by atoms with Crippen LogP contribution in [-0.4, -0.2) is 62.3 Å². The number of carbonyl (C=O) groups is 1. The first-order valence-corrected chi connectivity index (χ1v) is 10.5. The van der Waals surface area contributed by atoms with Crippen molar-refractivity contribution in [3.8, 4) is 11.8 Å². The number of pyridine rings is 1. The normalized spacial score (nSPS) is 19.7. The molecule has 0 unspecified atom stereocenters. The van der Waals surface area contributed by atoms with E-state index in [9.17, 15) is 15.0 Å². The molecule has 8 heteroatoms. The van der Waals surface area contributed by atoms with Gasteiger partial charge in [0.05, 0.1) is 47.0 Å². The van der Waals surface area contributed by atoms with E-state index in [2.05, 4.69) is 27.0 Å². The number of aliphatic hydroxyl groups is 2. The van der Waals surface area contributed by atoms with E-state index in [0.29, 0.717) is 29.6 Å². The van der Waals surface area contributed by atoms with Crippen LogP contribution in [0.2, 0.25) is 0 Å². The number of nitriles is 1. The van der Waals surface area contributed by atoms with Gasteiger partial charge in [0.25, 0.3) is 0 Å². The third-order valence-corrected chi connectivity index (χ3v) is 5.97. The van der Waals surface area contributed by atoms with Crippen molar-refractivity contribution in [1.82, 2.24) is 14.5 Å². The average Bonchev–Trinajstić information content (AvgIpc) is 3.02. The topological polar surface area (TPSA) is 102 Å². The SMILES string of the molecule is Cc1c(C(=O)CN2CC[C@H](O)[C@@H](O)C2)c2ncc(Br)cc2n1-c1ccc(C#N)cc1. The van der Waals surface area contributed by atoms with Crippen molar-refractivity contribution < 1.29 is 15.0 Å². The number of piperidine rings is 1. The molecule has 1 aliphatic rings. The quantitative estimate of drug-likeness (QED) is 0.570. The number of aromatic nitrogens is 2. The van der Waals surface area contributed by atoms with Crippen LogP contribution in [0.4, 0.5) is 0 Å². The molecule has 2 N–H and O–H groups in total. The zero-order valence-electron chi connectivity index (χ0n) is 16.4. The maximum atomic E-state index is 13.3. The van der Waals surface area contributed by atoms with Gasteiger partial charge in [0.15, 0.2) is 5.78 Å². The number of likely N-dealkylation sites (tertiary alicyclic amines) is 1. The lowest BCUT2D eigenvalue weighted by Crippen LogP contribution is -2.48. The maximum Gasteiger partial charge on any atom is 0.180 e. The number of rotatable bonds is 4. The molecule has 0 aliphatic carbocycles. The number of carbonyl (C=O) groups excluding carboxylic acids is 1. The first-order valence-electron chi connectivity index (χ1n) is 9.68. The van der Waals surface area contributed by atoms with Crippen LogP contribution in [0.5, 0.6) is 0 Å². The third kappa shape index (κ3) is 3.77. The van der Waals surface area contributed by atoms with E-state index >= 15 is 0 Å². The van der Waals surface area contributed by atoms with Gasteiger partial charge in [-0.15, -0.1) is 0 Å². The largest absolute Gasteiger partial charge is 0.390 e. The highest BCUT2D eigenvalue weighted by atomic mass is 79.9. The summed E-state index contributed by atoms with van der Waals surface area (Å²) in [6.45, 7) is 2.85. The zero-order valence-corrected chi connectivity index (χ0v) is 18.0. The van der Waals surface area contributed by atoms with Gasteiger partial charge in [-0.1, -0.05) is 0 Å². The Bertz CT molecular complexity index is 1150. The summed E-state index contributed by atoms with van der Waals surface area (Å²) in [5.41, 5.74) is 4.12. The van der Waals surface area contributed by atoms with Gasteiger partial charge in [-0.3, -0.25) is 14.7 Å². The lowest BCUT2D eigenvalue weighted by Gasteiger charge is -2.32. The van der Waals surface area contributed by atoms with Gasteiger partial charge in [0, 0.05) is 35.1 Å². The Morgan fingerprint density at radius 3 is 2.70 bits per heavy atom. The van der Waals surface area contributed by atoms with Crippen LogP contribution in [0.3, 0.4) is 0 Å². The van der Waals surface area contributed by atoms with Crippen LogP contribution in [0.25, 0.3) is 16.7 Å². The van der Waals surface area contributed by atoms with Crippen molar-refractivity contribution in [2.24, 2.45) is 0 Å². The van der Waals surface area contributed by atoms with Gasteiger partial charge in [0.1, 0.15) is 0 Å². The Morgan fingerprint density at radius 1 is 1.30 bits per heavy atom.